The van der Waals surface area contributed by atoms with E-state index in [1.54, 1.807) is 20.8 Å². The lowest BCUT2D eigenvalue weighted by atomic mass is 9.95. The third-order valence-corrected chi connectivity index (χ3v) is 6.94. The summed E-state index contributed by atoms with van der Waals surface area (Å²) in [5.74, 6) is -1.22. The number of nitrogens with zero attached hydrogens (tertiary/aromatic N) is 2. The van der Waals surface area contributed by atoms with Gasteiger partial charge in [0, 0.05) is 13.1 Å². The van der Waals surface area contributed by atoms with E-state index in [9.17, 15) is 27.6 Å². The van der Waals surface area contributed by atoms with Gasteiger partial charge in [-0.05, 0) is 53.9 Å². The molecular weight excluding hydrogens is 564 g/mol. The van der Waals surface area contributed by atoms with E-state index in [-0.39, 0.29) is 39.1 Å². The zero-order valence-corrected chi connectivity index (χ0v) is 25.5. The number of piperidine rings is 1. The van der Waals surface area contributed by atoms with E-state index in [2.05, 4.69) is 17.7 Å². The Morgan fingerprint density at radius 2 is 1.73 bits per heavy atom. The molecule has 41 heavy (non-hydrogen) atoms. The summed E-state index contributed by atoms with van der Waals surface area (Å²) in [6, 6.07) is -2.36. The molecule has 0 spiro atoms. The molecule has 0 saturated carbocycles. The quantitative estimate of drug-likeness (QED) is 0.149. The molecule has 0 aromatic carbocycles. The number of amides is 4. The number of ether oxygens (including phenoxy) is 2. The summed E-state index contributed by atoms with van der Waals surface area (Å²) in [7, 11) is -4.71. The van der Waals surface area contributed by atoms with Crippen molar-refractivity contribution < 1.29 is 50.4 Å². The van der Waals surface area contributed by atoms with Gasteiger partial charge in [-0.3, -0.25) is 14.4 Å². The Labute approximate surface area is 241 Å². The standard InChI is InChI=1S/C25H44N4O11S/c1-7-8-9-10-14-36-21(31)25(5,6)17-38-41(34,35)40-29-18-11-12-19(28(16-18)23(29)33)20(30)27-37-15-13-26-22(32)39-24(2,3)4/h18-19H,7-17H2,1-6H3,(H,26,32)(H,27,30)/t18-,19+/m1/s1. The van der Waals surface area contributed by atoms with Crippen LogP contribution in [0.4, 0.5) is 9.59 Å². The number of hydrogen-bond donors (Lipinski definition) is 2. The number of fused-ring (bicyclic) bond motifs is 2. The predicted molar refractivity (Wildman–Crippen MR) is 144 cm³/mol. The lowest BCUT2D eigenvalue weighted by Crippen LogP contribution is -2.50. The van der Waals surface area contributed by atoms with E-state index >= 15 is 0 Å². The summed E-state index contributed by atoms with van der Waals surface area (Å²) in [5.41, 5.74) is 0.313. The van der Waals surface area contributed by atoms with Crippen LogP contribution in [0.15, 0.2) is 0 Å². The van der Waals surface area contributed by atoms with E-state index in [0.29, 0.717) is 11.5 Å². The molecule has 2 rings (SSSR count). The highest BCUT2D eigenvalue weighted by Gasteiger charge is 2.50. The molecule has 2 aliphatic heterocycles. The largest absolute Gasteiger partial charge is 0.465 e. The van der Waals surface area contributed by atoms with Crippen LogP contribution >= 0.6 is 0 Å². The average molecular weight is 609 g/mol. The SMILES string of the molecule is CCCCCCOC(=O)C(C)(C)COS(=O)(=O)ON1C(=O)N2C[C@H]1CC[C@H]2C(=O)NOCCNC(=O)OC(C)(C)C. The Hall–Kier alpha value is -2.69. The number of carbonyl (C=O) groups is 4. The van der Waals surface area contributed by atoms with Gasteiger partial charge in [0.15, 0.2) is 0 Å². The number of esters is 1. The van der Waals surface area contributed by atoms with Crippen molar-refractivity contribution in [2.45, 2.75) is 97.8 Å². The summed E-state index contributed by atoms with van der Waals surface area (Å²) in [4.78, 5) is 55.8. The van der Waals surface area contributed by atoms with Crippen LogP contribution < -0.4 is 10.8 Å². The van der Waals surface area contributed by atoms with E-state index in [1.165, 1.54) is 18.7 Å². The van der Waals surface area contributed by atoms with E-state index in [0.717, 1.165) is 19.3 Å². The van der Waals surface area contributed by atoms with Crippen molar-refractivity contribution in [3.05, 3.63) is 0 Å². The topological polar surface area (TPSA) is 179 Å². The van der Waals surface area contributed by atoms with Gasteiger partial charge in [-0.1, -0.05) is 26.2 Å². The highest BCUT2D eigenvalue weighted by molar-refractivity contribution is 7.81. The van der Waals surface area contributed by atoms with Crippen LogP contribution in [-0.4, -0.2) is 93.0 Å². The van der Waals surface area contributed by atoms with E-state index in [4.69, 9.17) is 22.8 Å². The van der Waals surface area contributed by atoms with Crippen LogP contribution in [0.1, 0.15) is 80.1 Å². The maximum Gasteiger partial charge on any atom is 0.421 e. The number of nitrogens with one attached hydrogen (secondary N) is 2. The third kappa shape index (κ3) is 11.2. The zero-order valence-electron chi connectivity index (χ0n) is 24.7. The molecule has 15 nitrogen and oxygen atoms in total. The molecule has 0 radical (unpaired) electrons. The molecule has 4 amide bonds. The molecule has 2 fully saturated rings. The van der Waals surface area contributed by atoms with Crippen molar-refractivity contribution in [1.82, 2.24) is 20.8 Å². The number of unbranched alkanes of at least 4 members (excludes halogenated alkanes) is 3. The first-order valence-corrected chi connectivity index (χ1v) is 15.1. The van der Waals surface area contributed by atoms with Gasteiger partial charge in [-0.2, -0.15) is 13.5 Å². The van der Waals surface area contributed by atoms with Crippen LogP contribution in [0.2, 0.25) is 0 Å². The van der Waals surface area contributed by atoms with Crippen molar-refractivity contribution in [3.8, 4) is 0 Å². The monoisotopic (exact) mass is 608 g/mol. The predicted octanol–water partition coefficient (Wildman–Crippen LogP) is 2.17. The smallest absolute Gasteiger partial charge is 0.421 e. The second-order valence-electron chi connectivity index (χ2n) is 11.6. The van der Waals surface area contributed by atoms with Crippen molar-refractivity contribution in [3.63, 3.8) is 0 Å². The molecule has 16 heteroatoms. The highest BCUT2D eigenvalue weighted by Crippen LogP contribution is 2.31. The molecule has 2 aliphatic rings. The number of hydroxylamine groups is 3. The number of hydrogen-bond acceptors (Lipinski definition) is 11. The summed E-state index contributed by atoms with van der Waals surface area (Å²) in [6.45, 7) is 9.96. The maximum absolute atomic E-state index is 12.9. The second kappa shape index (κ2) is 15.0. The second-order valence-corrected chi connectivity index (χ2v) is 12.8. The molecule has 2 bridgehead atoms. The molecule has 0 unspecified atom stereocenters. The fraction of sp³-hybridized carbons (Fsp3) is 0.840. The molecule has 2 atom stereocenters. The first-order valence-electron chi connectivity index (χ1n) is 13.8. The molecule has 0 aromatic rings. The van der Waals surface area contributed by atoms with Crippen molar-refractivity contribution >= 4 is 34.4 Å². The minimum atomic E-state index is -4.71. The summed E-state index contributed by atoms with van der Waals surface area (Å²) >= 11 is 0. The summed E-state index contributed by atoms with van der Waals surface area (Å²) in [6.07, 6.45) is 3.60. The van der Waals surface area contributed by atoms with Gasteiger partial charge in [-0.15, -0.1) is 4.28 Å². The minimum Gasteiger partial charge on any atom is -0.465 e. The Balaban J connectivity index is 1.80. The Morgan fingerprint density at radius 1 is 1.02 bits per heavy atom. The van der Waals surface area contributed by atoms with E-state index < -0.39 is 64.1 Å². The molecule has 0 aliphatic carbocycles. The molecular formula is C25H44N4O11S. The lowest BCUT2D eigenvalue weighted by molar-refractivity contribution is -0.156. The number of alkyl carbamates (subject to hydrolysis) is 1. The lowest BCUT2D eigenvalue weighted by Gasteiger charge is -2.28. The van der Waals surface area contributed by atoms with Crippen LogP contribution in [0, 0.1) is 5.41 Å². The van der Waals surface area contributed by atoms with Gasteiger partial charge >= 0.3 is 28.5 Å². The van der Waals surface area contributed by atoms with Gasteiger partial charge in [0.1, 0.15) is 11.6 Å². The van der Waals surface area contributed by atoms with Crippen LogP contribution in [0.25, 0.3) is 0 Å². The highest BCUT2D eigenvalue weighted by atomic mass is 32.3. The molecule has 236 valence electrons. The fourth-order valence-electron chi connectivity index (χ4n) is 4.00. The third-order valence-electron chi connectivity index (χ3n) is 6.19. The number of carbonyl (C=O) groups excluding carboxylic acids is 4. The molecule has 2 heterocycles. The molecule has 0 aromatic heterocycles. The molecule has 2 N–H and O–H groups in total. The Bertz CT molecular complexity index is 1030. The fourth-order valence-corrected chi connectivity index (χ4v) is 4.86. The zero-order chi connectivity index (χ0) is 30.8. The van der Waals surface area contributed by atoms with Gasteiger partial charge in [0.25, 0.3) is 5.91 Å². The summed E-state index contributed by atoms with van der Waals surface area (Å²) in [5, 5.41) is 3.15. The van der Waals surface area contributed by atoms with Crippen LogP contribution in [-0.2, 0) is 42.8 Å². The van der Waals surface area contributed by atoms with Gasteiger partial charge in [-0.25, -0.2) is 19.3 Å². The minimum absolute atomic E-state index is 0.0537. The normalized spacial score (nSPS) is 19.2. The first kappa shape index (κ1) is 34.5. The summed E-state index contributed by atoms with van der Waals surface area (Å²) < 4.78 is 45.2. The van der Waals surface area contributed by atoms with Crippen LogP contribution in [0.5, 0.6) is 0 Å². The average Bonchev–Trinajstić information content (AvgIpc) is 3.10. The van der Waals surface area contributed by atoms with Crippen molar-refractivity contribution in [1.29, 1.82) is 0 Å². The Kier molecular flexibility index (Phi) is 12.6. The number of rotatable bonds is 16. The Morgan fingerprint density at radius 3 is 2.39 bits per heavy atom. The van der Waals surface area contributed by atoms with Gasteiger partial charge in [0.05, 0.1) is 31.3 Å². The molecule has 2 saturated heterocycles. The number of urea groups is 1. The van der Waals surface area contributed by atoms with Gasteiger partial charge in [0.2, 0.25) is 0 Å². The first-order chi connectivity index (χ1) is 19.1. The van der Waals surface area contributed by atoms with Crippen LogP contribution in [0.3, 0.4) is 0 Å². The van der Waals surface area contributed by atoms with Gasteiger partial charge < -0.3 is 19.7 Å². The van der Waals surface area contributed by atoms with Crippen molar-refractivity contribution in [2.24, 2.45) is 5.41 Å². The van der Waals surface area contributed by atoms with E-state index in [1.807, 2.05) is 0 Å². The van der Waals surface area contributed by atoms with Crippen molar-refractivity contribution in [2.75, 3.05) is 32.9 Å². The maximum atomic E-state index is 12.9.